The number of carbonyl (C=O) groups is 1. The molecule has 0 aromatic heterocycles. The van der Waals surface area contributed by atoms with Gasteiger partial charge in [0.05, 0.1) is 0 Å². The Morgan fingerprint density at radius 2 is 1.50 bits per heavy atom. The average Bonchev–Trinajstić information content (AvgIpc) is 2.22. The summed E-state index contributed by atoms with van der Waals surface area (Å²) in [6.07, 6.45) is 0. The van der Waals surface area contributed by atoms with Crippen LogP contribution in [0.1, 0.15) is 5.56 Å². The molecule has 0 atom stereocenters. The van der Waals surface area contributed by atoms with Gasteiger partial charge >= 0.3 is 0 Å². The van der Waals surface area contributed by atoms with E-state index in [1.54, 1.807) is 0 Å². The summed E-state index contributed by atoms with van der Waals surface area (Å²) >= 11 is 0. The molecule has 14 heavy (non-hydrogen) atoms. The van der Waals surface area contributed by atoms with E-state index in [9.17, 15) is 0 Å². The van der Waals surface area contributed by atoms with Crippen molar-refractivity contribution in [1.29, 1.82) is 0 Å². The zero-order valence-corrected chi connectivity index (χ0v) is 10.7. The number of benzene rings is 2. The number of hydrogen-bond acceptors (Lipinski definition) is 1. The minimum absolute atomic E-state index is 0. The summed E-state index contributed by atoms with van der Waals surface area (Å²) in [6, 6.07) is 14.8. The van der Waals surface area contributed by atoms with Crippen LogP contribution < -0.4 is 0 Å². The molecule has 0 aliphatic carbocycles. The van der Waals surface area contributed by atoms with E-state index in [4.69, 9.17) is 4.79 Å². The van der Waals surface area contributed by atoms with Gasteiger partial charge in [-0.15, -0.1) is 0 Å². The van der Waals surface area contributed by atoms with Gasteiger partial charge in [0.1, 0.15) is 6.79 Å². The molecule has 0 saturated carbocycles. The molecule has 0 amide bonds. The van der Waals surface area contributed by atoms with Crippen LogP contribution in [0.15, 0.2) is 42.5 Å². The van der Waals surface area contributed by atoms with Crippen LogP contribution in [0.2, 0.25) is 0 Å². The first-order valence-electron chi connectivity index (χ1n) is 4.11. The molecule has 0 spiro atoms. The Balaban J connectivity index is 0.000000531. The first-order valence-corrected chi connectivity index (χ1v) is 4.11. The van der Waals surface area contributed by atoms with Crippen LogP contribution in [0.25, 0.3) is 10.8 Å². The molecule has 2 aromatic rings. The molecule has 67 valence electrons. The van der Waals surface area contributed by atoms with Crippen molar-refractivity contribution in [1.82, 2.24) is 0 Å². The Morgan fingerprint density at radius 3 is 2.14 bits per heavy atom. The van der Waals surface area contributed by atoms with Gasteiger partial charge in [-0.05, 0) is 23.3 Å². The zero-order chi connectivity index (χ0) is 9.68. The summed E-state index contributed by atoms with van der Waals surface area (Å²) in [4.78, 5) is 8.00. The standard InChI is InChI=1S/C11H10.CH2O.Na/c1-9-5-4-7-10-6-2-3-8-11(9)10;1-2;/h2-8H,1H3;1H2;. The van der Waals surface area contributed by atoms with Gasteiger partial charge in [0.15, 0.2) is 0 Å². The number of aryl methyl sites for hydroxylation is 1. The van der Waals surface area contributed by atoms with Crippen molar-refractivity contribution < 1.29 is 4.79 Å². The minimum atomic E-state index is 0. The fraction of sp³-hybridized carbons (Fsp3) is 0.0833. The normalized spacial score (nSPS) is 8.36. The van der Waals surface area contributed by atoms with Gasteiger partial charge in [0.2, 0.25) is 0 Å². The zero-order valence-electron chi connectivity index (χ0n) is 8.66. The summed E-state index contributed by atoms with van der Waals surface area (Å²) in [5, 5.41) is 2.68. The maximum Gasteiger partial charge on any atom is 0.106 e. The van der Waals surface area contributed by atoms with Gasteiger partial charge in [-0.25, -0.2) is 0 Å². The van der Waals surface area contributed by atoms with Crippen LogP contribution in [-0.2, 0) is 4.79 Å². The van der Waals surface area contributed by atoms with E-state index in [-0.39, 0.29) is 29.6 Å². The van der Waals surface area contributed by atoms with Crippen LogP contribution in [0.4, 0.5) is 0 Å². The van der Waals surface area contributed by atoms with Crippen LogP contribution >= 0.6 is 0 Å². The maximum absolute atomic E-state index is 8.00. The third-order valence-corrected chi connectivity index (χ3v) is 2.01. The molecule has 1 nitrogen and oxygen atoms in total. The van der Waals surface area contributed by atoms with Gasteiger partial charge in [-0.1, -0.05) is 42.5 Å². The first-order chi connectivity index (χ1) is 6.38. The second-order valence-electron chi connectivity index (χ2n) is 2.80. The van der Waals surface area contributed by atoms with Crippen molar-refractivity contribution >= 4 is 47.1 Å². The summed E-state index contributed by atoms with van der Waals surface area (Å²) in [5.74, 6) is 0. The van der Waals surface area contributed by atoms with E-state index in [1.165, 1.54) is 16.3 Å². The Morgan fingerprint density at radius 1 is 0.929 bits per heavy atom. The molecule has 0 heterocycles. The van der Waals surface area contributed by atoms with Gasteiger partial charge in [-0.3, -0.25) is 0 Å². The summed E-state index contributed by atoms with van der Waals surface area (Å²) in [6.45, 7) is 4.14. The van der Waals surface area contributed by atoms with Crippen molar-refractivity contribution in [2.24, 2.45) is 0 Å². The second kappa shape index (κ2) is 6.77. The second-order valence-corrected chi connectivity index (χ2v) is 2.80. The number of carbonyl (C=O) groups excluding carboxylic acids is 1. The number of fused-ring (bicyclic) bond motifs is 1. The van der Waals surface area contributed by atoms with Crippen molar-refractivity contribution in [2.75, 3.05) is 0 Å². The smallest absolute Gasteiger partial charge is 0.106 e. The quantitative estimate of drug-likeness (QED) is 0.590. The molecular weight excluding hydrogens is 183 g/mol. The summed E-state index contributed by atoms with van der Waals surface area (Å²) < 4.78 is 0. The molecule has 0 fully saturated rings. The topological polar surface area (TPSA) is 17.1 Å². The molecule has 2 rings (SSSR count). The molecule has 0 saturated heterocycles. The van der Waals surface area contributed by atoms with E-state index in [0.717, 1.165) is 0 Å². The predicted molar refractivity (Wildman–Crippen MR) is 61.6 cm³/mol. The third kappa shape index (κ3) is 2.95. The molecular formula is C12H12NaO. The predicted octanol–water partition coefficient (Wildman–Crippen LogP) is 2.58. The monoisotopic (exact) mass is 195 g/mol. The van der Waals surface area contributed by atoms with Crippen molar-refractivity contribution in [3.8, 4) is 0 Å². The van der Waals surface area contributed by atoms with E-state index >= 15 is 0 Å². The number of hydrogen-bond donors (Lipinski definition) is 0. The molecule has 2 heteroatoms. The molecule has 1 radical (unpaired) electrons. The van der Waals surface area contributed by atoms with Crippen LogP contribution in [0.5, 0.6) is 0 Å². The number of rotatable bonds is 0. The van der Waals surface area contributed by atoms with Crippen LogP contribution in [-0.4, -0.2) is 36.3 Å². The maximum atomic E-state index is 8.00. The van der Waals surface area contributed by atoms with E-state index in [0.29, 0.717) is 0 Å². The molecule has 0 aliphatic rings. The molecule has 0 bridgehead atoms. The van der Waals surface area contributed by atoms with Gasteiger partial charge in [0, 0.05) is 29.6 Å². The van der Waals surface area contributed by atoms with E-state index < -0.39 is 0 Å². The summed E-state index contributed by atoms with van der Waals surface area (Å²) in [7, 11) is 0. The largest absolute Gasteiger partial charge is 0.307 e. The van der Waals surface area contributed by atoms with Gasteiger partial charge in [0.25, 0.3) is 0 Å². The average molecular weight is 195 g/mol. The molecule has 2 aromatic carbocycles. The first kappa shape index (κ1) is 13.4. The molecule has 0 N–H and O–H groups in total. The summed E-state index contributed by atoms with van der Waals surface area (Å²) in [5.41, 5.74) is 1.35. The minimum Gasteiger partial charge on any atom is -0.307 e. The van der Waals surface area contributed by atoms with Crippen molar-refractivity contribution in [3.05, 3.63) is 48.0 Å². The van der Waals surface area contributed by atoms with Crippen molar-refractivity contribution in [2.45, 2.75) is 6.92 Å². The Labute approximate surface area is 106 Å². The van der Waals surface area contributed by atoms with Crippen molar-refractivity contribution in [3.63, 3.8) is 0 Å². The SMILES string of the molecule is C=O.Cc1cccc2ccccc12.[Na]. The van der Waals surface area contributed by atoms with E-state index in [2.05, 4.69) is 49.4 Å². The van der Waals surface area contributed by atoms with Gasteiger partial charge < -0.3 is 4.79 Å². The molecule has 0 aliphatic heterocycles. The molecule has 0 unspecified atom stereocenters. The van der Waals surface area contributed by atoms with E-state index in [1.807, 2.05) is 6.79 Å². The Hall–Kier alpha value is -0.630. The van der Waals surface area contributed by atoms with Gasteiger partial charge in [-0.2, -0.15) is 0 Å². The Bertz CT molecular complexity index is 393. The van der Waals surface area contributed by atoms with Crippen LogP contribution in [0.3, 0.4) is 0 Å². The third-order valence-electron chi connectivity index (χ3n) is 2.01. The fourth-order valence-electron chi connectivity index (χ4n) is 1.39. The Kier molecular flexibility index (Phi) is 6.46. The fourth-order valence-corrected chi connectivity index (χ4v) is 1.39. The van der Waals surface area contributed by atoms with Crippen LogP contribution in [0, 0.1) is 6.92 Å².